The van der Waals surface area contributed by atoms with Crippen molar-refractivity contribution in [2.75, 3.05) is 0 Å². The number of benzene rings is 3. The summed E-state index contributed by atoms with van der Waals surface area (Å²) in [6, 6.07) is 22.6. The van der Waals surface area contributed by atoms with E-state index in [-0.39, 0.29) is 5.82 Å². The molecule has 0 bridgehead atoms. The zero-order valence-corrected chi connectivity index (χ0v) is 15.2. The largest absolute Gasteiger partial charge is 0.455 e. The summed E-state index contributed by atoms with van der Waals surface area (Å²) in [4.78, 5) is 9.08. The molecule has 0 radical (unpaired) electrons. The van der Waals surface area contributed by atoms with Gasteiger partial charge in [0.1, 0.15) is 28.3 Å². The van der Waals surface area contributed by atoms with Crippen LogP contribution in [0.3, 0.4) is 0 Å². The van der Waals surface area contributed by atoms with Crippen LogP contribution >= 0.6 is 0 Å². The van der Waals surface area contributed by atoms with Crippen molar-refractivity contribution in [2.24, 2.45) is 0 Å². The molecule has 6 aromatic rings. The number of hydrogen-bond donors (Lipinski definition) is 0. The summed E-state index contributed by atoms with van der Waals surface area (Å²) < 4.78 is 21.9. The molecular formula is C24H14FN3O. The molecule has 0 saturated carbocycles. The Bertz CT molecular complexity index is 1520. The number of rotatable bonds is 2. The van der Waals surface area contributed by atoms with Crippen LogP contribution in [0.4, 0.5) is 4.39 Å². The van der Waals surface area contributed by atoms with Gasteiger partial charge in [0.15, 0.2) is 0 Å². The predicted molar refractivity (Wildman–Crippen MR) is 112 cm³/mol. The van der Waals surface area contributed by atoms with Gasteiger partial charge in [-0.2, -0.15) is 0 Å². The highest BCUT2D eigenvalue weighted by Crippen LogP contribution is 2.37. The first-order valence-electron chi connectivity index (χ1n) is 9.29. The Hall–Kier alpha value is -3.99. The van der Waals surface area contributed by atoms with E-state index < -0.39 is 0 Å². The van der Waals surface area contributed by atoms with Crippen LogP contribution in [-0.4, -0.2) is 14.5 Å². The van der Waals surface area contributed by atoms with E-state index >= 15 is 0 Å². The molecule has 3 aromatic carbocycles. The van der Waals surface area contributed by atoms with E-state index in [1.807, 2.05) is 54.6 Å². The van der Waals surface area contributed by atoms with E-state index in [2.05, 4.69) is 9.55 Å². The molecule has 0 aliphatic heterocycles. The quantitative estimate of drug-likeness (QED) is 0.364. The fourth-order valence-corrected chi connectivity index (χ4v) is 3.90. The maximum Gasteiger partial charge on any atom is 0.149 e. The first-order chi connectivity index (χ1) is 14.3. The summed E-state index contributed by atoms with van der Waals surface area (Å²) in [5.74, 6) is 0.435. The van der Waals surface area contributed by atoms with E-state index in [4.69, 9.17) is 9.40 Å². The number of hydrogen-bond acceptors (Lipinski definition) is 3. The summed E-state index contributed by atoms with van der Waals surface area (Å²) >= 11 is 0. The normalized spacial score (nSPS) is 11.6. The van der Waals surface area contributed by atoms with Crippen LogP contribution in [0.2, 0.25) is 0 Å². The van der Waals surface area contributed by atoms with Crippen molar-refractivity contribution >= 4 is 33.0 Å². The van der Waals surface area contributed by atoms with Gasteiger partial charge in [-0.25, -0.2) is 9.37 Å². The summed E-state index contributed by atoms with van der Waals surface area (Å²) in [6.07, 6.45) is 3.52. The molecule has 3 aromatic heterocycles. The molecule has 0 fully saturated rings. The Morgan fingerprint density at radius 2 is 1.76 bits per heavy atom. The van der Waals surface area contributed by atoms with Crippen LogP contribution < -0.4 is 0 Å². The topological polar surface area (TPSA) is 43.9 Å². The molecule has 0 aliphatic rings. The summed E-state index contributed by atoms with van der Waals surface area (Å²) in [6.45, 7) is 0. The maximum absolute atomic E-state index is 13.7. The van der Waals surface area contributed by atoms with Gasteiger partial charge >= 0.3 is 0 Å². The van der Waals surface area contributed by atoms with Crippen molar-refractivity contribution in [3.63, 3.8) is 0 Å². The van der Waals surface area contributed by atoms with Gasteiger partial charge in [-0.1, -0.05) is 30.3 Å². The number of furan rings is 1. The van der Waals surface area contributed by atoms with Crippen LogP contribution in [0.1, 0.15) is 0 Å². The van der Waals surface area contributed by atoms with Gasteiger partial charge in [0, 0.05) is 28.7 Å². The predicted octanol–water partition coefficient (Wildman–Crippen LogP) is 6.13. The molecule has 0 spiro atoms. The number of halogens is 1. The van der Waals surface area contributed by atoms with E-state index in [1.165, 1.54) is 12.1 Å². The number of imidazole rings is 1. The van der Waals surface area contributed by atoms with Crippen molar-refractivity contribution < 1.29 is 8.81 Å². The van der Waals surface area contributed by atoms with Crippen LogP contribution in [0.5, 0.6) is 0 Å². The van der Waals surface area contributed by atoms with E-state index in [1.54, 1.807) is 18.5 Å². The minimum absolute atomic E-state index is 0.319. The standard InChI is InChI=1S/C24H14FN3O/c25-15-9-10-17-18-7-4-8-19(23(18)29-22(17)13-15)24-27-20-14-26-12-11-21(20)28(24)16-5-2-1-3-6-16/h1-14H. The molecule has 0 unspecified atom stereocenters. The molecule has 0 amide bonds. The number of fused-ring (bicyclic) bond motifs is 4. The second kappa shape index (κ2) is 6.01. The third-order valence-corrected chi connectivity index (χ3v) is 5.17. The Kier molecular flexibility index (Phi) is 3.32. The molecule has 138 valence electrons. The number of pyridine rings is 1. The summed E-state index contributed by atoms with van der Waals surface area (Å²) in [5, 5.41) is 1.81. The third kappa shape index (κ3) is 2.37. The number of para-hydroxylation sites is 2. The minimum Gasteiger partial charge on any atom is -0.455 e. The molecule has 0 aliphatic carbocycles. The number of aromatic nitrogens is 3. The lowest BCUT2D eigenvalue weighted by Gasteiger charge is -2.09. The average Bonchev–Trinajstić information content (AvgIpc) is 3.32. The average molecular weight is 379 g/mol. The van der Waals surface area contributed by atoms with Gasteiger partial charge in [0.2, 0.25) is 0 Å². The molecule has 6 rings (SSSR count). The lowest BCUT2D eigenvalue weighted by atomic mass is 10.1. The fraction of sp³-hybridized carbons (Fsp3) is 0. The highest BCUT2D eigenvalue weighted by Gasteiger charge is 2.19. The van der Waals surface area contributed by atoms with Gasteiger partial charge in [0.25, 0.3) is 0 Å². The molecular weight excluding hydrogens is 365 g/mol. The van der Waals surface area contributed by atoms with Crippen molar-refractivity contribution in [2.45, 2.75) is 0 Å². The molecule has 0 atom stereocenters. The zero-order valence-electron chi connectivity index (χ0n) is 15.2. The van der Waals surface area contributed by atoms with Gasteiger partial charge < -0.3 is 4.42 Å². The maximum atomic E-state index is 13.7. The SMILES string of the molecule is Fc1ccc2c(c1)oc1c(-c3nc4cnccc4n3-c3ccccc3)cccc12. The van der Waals surface area contributed by atoms with Crippen LogP contribution in [0, 0.1) is 5.82 Å². The second-order valence-corrected chi connectivity index (χ2v) is 6.90. The van der Waals surface area contributed by atoms with Crippen LogP contribution in [0.25, 0.3) is 50.0 Å². The molecule has 4 nitrogen and oxygen atoms in total. The van der Waals surface area contributed by atoms with Gasteiger partial charge in [0.05, 0.1) is 17.3 Å². The van der Waals surface area contributed by atoms with Crippen molar-refractivity contribution in [1.29, 1.82) is 0 Å². The zero-order chi connectivity index (χ0) is 19.4. The van der Waals surface area contributed by atoms with Crippen LogP contribution in [-0.2, 0) is 0 Å². The highest BCUT2D eigenvalue weighted by atomic mass is 19.1. The lowest BCUT2D eigenvalue weighted by Crippen LogP contribution is -1.97. The highest BCUT2D eigenvalue weighted by molar-refractivity contribution is 6.09. The smallest absolute Gasteiger partial charge is 0.149 e. The minimum atomic E-state index is -0.319. The Balaban J connectivity index is 1.73. The Labute approximate surface area is 164 Å². The molecule has 29 heavy (non-hydrogen) atoms. The summed E-state index contributed by atoms with van der Waals surface area (Å²) in [5.41, 5.74) is 4.81. The van der Waals surface area contributed by atoms with E-state index in [9.17, 15) is 4.39 Å². The molecule has 0 N–H and O–H groups in total. The van der Waals surface area contributed by atoms with Crippen molar-refractivity contribution in [3.8, 4) is 17.1 Å². The Morgan fingerprint density at radius 1 is 0.862 bits per heavy atom. The van der Waals surface area contributed by atoms with E-state index in [0.29, 0.717) is 11.2 Å². The monoisotopic (exact) mass is 379 g/mol. The van der Waals surface area contributed by atoms with Crippen molar-refractivity contribution in [3.05, 3.63) is 91.0 Å². The lowest BCUT2D eigenvalue weighted by molar-refractivity contribution is 0.618. The molecule has 3 heterocycles. The second-order valence-electron chi connectivity index (χ2n) is 6.90. The van der Waals surface area contributed by atoms with Crippen LogP contribution in [0.15, 0.2) is 89.6 Å². The van der Waals surface area contributed by atoms with Gasteiger partial charge in [-0.05, 0) is 36.4 Å². The Morgan fingerprint density at radius 3 is 2.66 bits per heavy atom. The molecule has 0 saturated heterocycles. The number of nitrogens with zero attached hydrogens (tertiary/aromatic N) is 3. The first kappa shape index (κ1) is 16.0. The van der Waals surface area contributed by atoms with Gasteiger partial charge in [-0.15, -0.1) is 0 Å². The van der Waals surface area contributed by atoms with Crippen molar-refractivity contribution in [1.82, 2.24) is 14.5 Å². The third-order valence-electron chi connectivity index (χ3n) is 5.17. The first-order valence-corrected chi connectivity index (χ1v) is 9.29. The molecule has 5 heteroatoms. The van der Waals surface area contributed by atoms with Gasteiger partial charge in [-0.3, -0.25) is 9.55 Å². The summed E-state index contributed by atoms with van der Waals surface area (Å²) in [7, 11) is 0. The van der Waals surface area contributed by atoms with E-state index in [0.717, 1.165) is 38.9 Å². The fourth-order valence-electron chi connectivity index (χ4n) is 3.90.